The number of rotatable bonds is 5. The minimum Gasteiger partial charge on any atom is -0.430 e. The van der Waals surface area contributed by atoms with E-state index in [1.807, 2.05) is 0 Å². The van der Waals surface area contributed by atoms with Gasteiger partial charge < -0.3 is 9.47 Å². The molecule has 0 aliphatic rings. The van der Waals surface area contributed by atoms with Gasteiger partial charge in [-0.1, -0.05) is 19.6 Å². The van der Waals surface area contributed by atoms with E-state index in [9.17, 15) is 9.18 Å². The highest BCUT2D eigenvalue weighted by molar-refractivity contribution is 5.60. The Morgan fingerprint density at radius 3 is 2.92 bits per heavy atom. The molecule has 0 aromatic carbocycles. The summed E-state index contributed by atoms with van der Waals surface area (Å²) in [5.41, 5.74) is 0. The molecular formula is C8H13FO3. The summed E-state index contributed by atoms with van der Waals surface area (Å²) in [5.74, 6) is 0. The zero-order valence-electron chi connectivity index (χ0n) is 7.09. The van der Waals surface area contributed by atoms with E-state index < -0.39 is 12.5 Å². The first-order chi connectivity index (χ1) is 5.70. The molecule has 0 aliphatic heterocycles. The Bertz CT molecular complexity index is 147. The maximum atomic E-state index is 12.5. The third-order valence-corrected chi connectivity index (χ3v) is 1.06. The number of carbonyl (C=O) groups is 1. The minimum atomic E-state index is -1.56. The second-order valence-electron chi connectivity index (χ2n) is 2.17. The molecule has 0 fully saturated rings. The van der Waals surface area contributed by atoms with Crippen molar-refractivity contribution in [1.29, 1.82) is 0 Å². The van der Waals surface area contributed by atoms with E-state index in [-0.39, 0.29) is 13.0 Å². The smallest absolute Gasteiger partial charge is 0.430 e. The van der Waals surface area contributed by atoms with Gasteiger partial charge in [-0.05, 0) is 6.42 Å². The second-order valence-corrected chi connectivity index (χ2v) is 2.17. The summed E-state index contributed by atoms with van der Waals surface area (Å²) in [4.78, 5) is 10.6. The number of alkyl halides is 1. The lowest BCUT2D eigenvalue weighted by Crippen LogP contribution is -2.14. The van der Waals surface area contributed by atoms with Crippen molar-refractivity contribution in [1.82, 2.24) is 0 Å². The Labute approximate surface area is 71.2 Å². The maximum absolute atomic E-state index is 12.5. The molecule has 0 bridgehead atoms. The van der Waals surface area contributed by atoms with Gasteiger partial charge in [0.1, 0.15) is 6.61 Å². The maximum Gasteiger partial charge on any atom is 0.511 e. The van der Waals surface area contributed by atoms with Crippen molar-refractivity contribution in [2.75, 3.05) is 6.61 Å². The van der Waals surface area contributed by atoms with E-state index in [1.165, 1.54) is 6.08 Å². The fourth-order valence-corrected chi connectivity index (χ4v) is 0.551. The van der Waals surface area contributed by atoms with Crippen LogP contribution in [0, 0.1) is 0 Å². The largest absolute Gasteiger partial charge is 0.511 e. The Morgan fingerprint density at radius 1 is 1.75 bits per heavy atom. The number of carbonyl (C=O) groups excluding carboxylic acids is 1. The van der Waals surface area contributed by atoms with Crippen LogP contribution in [0.1, 0.15) is 19.8 Å². The van der Waals surface area contributed by atoms with Crippen molar-refractivity contribution < 1.29 is 18.7 Å². The molecule has 0 radical (unpaired) electrons. The molecule has 0 N–H and O–H groups in total. The van der Waals surface area contributed by atoms with Crippen molar-refractivity contribution in [2.24, 2.45) is 0 Å². The van der Waals surface area contributed by atoms with Crippen LogP contribution >= 0.6 is 0 Å². The fraction of sp³-hybridized carbons (Fsp3) is 0.625. The number of hydrogen-bond donors (Lipinski definition) is 0. The number of halogens is 1. The SMILES string of the molecule is C=CCOC(=O)OC(F)CCC. The van der Waals surface area contributed by atoms with Gasteiger partial charge in [-0.15, -0.1) is 0 Å². The predicted octanol–water partition coefficient (Wildman–Crippen LogP) is 2.42. The van der Waals surface area contributed by atoms with Crippen LogP contribution < -0.4 is 0 Å². The lowest BCUT2D eigenvalue weighted by Gasteiger charge is -2.07. The highest BCUT2D eigenvalue weighted by Gasteiger charge is 2.11. The molecule has 12 heavy (non-hydrogen) atoms. The summed E-state index contributed by atoms with van der Waals surface area (Å²) < 4.78 is 21.1. The van der Waals surface area contributed by atoms with Crippen molar-refractivity contribution in [3.05, 3.63) is 12.7 Å². The molecule has 0 heterocycles. The van der Waals surface area contributed by atoms with Crippen molar-refractivity contribution in [3.63, 3.8) is 0 Å². The Hall–Kier alpha value is -1.06. The van der Waals surface area contributed by atoms with Gasteiger partial charge in [-0.2, -0.15) is 0 Å². The fourth-order valence-electron chi connectivity index (χ4n) is 0.551. The van der Waals surface area contributed by atoms with Crippen LogP contribution in [0.4, 0.5) is 9.18 Å². The quantitative estimate of drug-likeness (QED) is 0.476. The highest BCUT2D eigenvalue weighted by atomic mass is 19.1. The van der Waals surface area contributed by atoms with Gasteiger partial charge in [-0.3, -0.25) is 0 Å². The van der Waals surface area contributed by atoms with Crippen molar-refractivity contribution in [2.45, 2.75) is 26.1 Å². The summed E-state index contributed by atoms with van der Waals surface area (Å²) in [6.45, 7) is 5.16. The molecule has 0 spiro atoms. The van der Waals surface area contributed by atoms with E-state index in [1.54, 1.807) is 6.92 Å². The molecule has 0 aromatic heterocycles. The summed E-state index contributed by atoms with van der Waals surface area (Å²) in [7, 11) is 0. The zero-order valence-corrected chi connectivity index (χ0v) is 7.09. The molecule has 0 amide bonds. The van der Waals surface area contributed by atoms with E-state index >= 15 is 0 Å². The molecule has 0 rings (SSSR count). The molecule has 0 saturated carbocycles. The normalized spacial score (nSPS) is 11.8. The molecule has 0 saturated heterocycles. The average molecular weight is 176 g/mol. The van der Waals surface area contributed by atoms with Crippen LogP contribution in [-0.2, 0) is 9.47 Å². The summed E-state index contributed by atoms with van der Waals surface area (Å²) in [6.07, 6.45) is -0.351. The van der Waals surface area contributed by atoms with Gasteiger partial charge in [0.2, 0.25) is 6.36 Å². The lowest BCUT2D eigenvalue weighted by molar-refractivity contribution is -0.0315. The lowest BCUT2D eigenvalue weighted by atomic mass is 10.3. The van der Waals surface area contributed by atoms with Crippen LogP contribution in [-0.4, -0.2) is 19.1 Å². The third kappa shape index (κ3) is 5.70. The summed E-state index contributed by atoms with van der Waals surface area (Å²) >= 11 is 0. The minimum absolute atomic E-state index is 0.0394. The Balaban J connectivity index is 3.46. The number of ether oxygens (including phenoxy) is 2. The first kappa shape index (κ1) is 10.9. The highest BCUT2D eigenvalue weighted by Crippen LogP contribution is 2.04. The van der Waals surface area contributed by atoms with E-state index in [0.717, 1.165) is 0 Å². The molecule has 70 valence electrons. The Morgan fingerprint density at radius 2 is 2.42 bits per heavy atom. The molecule has 1 unspecified atom stereocenters. The van der Waals surface area contributed by atoms with Crippen molar-refractivity contribution >= 4 is 6.16 Å². The van der Waals surface area contributed by atoms with E-state index in [4.69, 9.17) is 0 Å². The first-order valence-corrected chi connectivity index (χ1v) is 3.79. The zero-order chi connectivity index (χ0) is 9.40. The second kappa shape index (κ2) is 6.64. The Kier molecular flexibility index (Phi) is 6.05. The standard InChI is InChI=1S/C8H13FO3/c1-3-5-7(9)12-8(10)11-6-4-2/h4,7H,2-3,5-6H2,1H3. The number of hydrogen-bond acceptors (Lipinski definition) is 3. The van der Waals surface area contributed by atoms with Gasteiger partial charge in [0, 0.05) is 6.42 Å². The third-order valence-electron chi connectivity index (χ3n) is 1.06. The molecule has 0 aliphatic carbocycles. The summed E-state index contributed by atoms with van der Waals surface area (Å²) in [6, 6.07) is 0. The monoisotopic (exact) mass is 176 g/mol. The van der Waals surface area contributed by atoms with Crippen LogP contribution in [0.5, 0.6) is 0 Å². The molecule has 0 aromatic rings. The first-order valence-electron chi connectivity index (χ1n) is 3.79. The summed E-state index contributed by atoms with van der Waals surface area (Å²) in [5, 5.41) is 0. The van der Waals surface area contributed by atoms with Gasteiger partial charge in [0.05, 0.1) is 0 Å². The molecule has 1 atom stereocenters. The molecule has 4 heteroatoms. The van der Waals surface area contributed by atoms with Gasteiger partial charge >= 0.3 is 6.16 Å². The van der Waals surface area contributed by atoms with E-state index in [0.29, 0.717) is 6.42 Å². The van der Waals surface area contributed by atoms with Gasteiger partial charge in [0.15, 0.2) is 0 Å². The topological polar surface area (TPSA) is 35.5 Å². The molecule has 3 nitrogen and oxygen atoms in total. The van der Waals surface area contributed by atoms with Crippen LogP contribution in [0.3, 0.4) is 0 Å². The van der Waals surface area contributed by atoms with Crippen LogP contribution in [0.15, 0.2) is 12.7 Å². The van der Waals surface area contributed by atoms with Gasteiger partial charge in [0.25, 0.3) is 0 Å². The van der Waals surface area contributed by atoms with Crippen LogP contribution in [0.25, 0.3) is 0 Å². The molecular weight excluding hydrogens is 163 g/mol. The predicted molar refractivity (Wildman–Crippen MR) is 42.4 cm³/mol. The average Bonchev–Trinajstić information content (AvgIpc) is 2.01. The van der Waals surface area contributed by atoms with Gasteiger partial charge in [-0.25, -0.2) is 9.18 Å². The van der Waals surface area contributed by atoms with Crippen LogP contribution in [0.2, 0.25) is 0 Å². The van der Waals surface area contributed by atoms with Crippen molar-refractivity contribution in [3.8, 4) is 0 Å². The van der Waals surface area contributed by atoms with E-state index in [2.05, 4.69) is 16.1 Å².